The van der Waals surface area contributed by atoms with Crippen LogP contribution in [0.2, 0.25) is 0 Å². The Kier molecular flexibility index (Phi) is 4.85. The third-order valence-electron chi connectivity index (χ3n) is 3.14. The summed E-state index contributed by atoms with van der Waals surface area (Å²) in [6, 6.07) is 8.72. The van der Waals surface area contributed by atoms with Crippen LogP contribution in [-0.4, -0.2) is 35.8 Å². The summed E-state index contributed by atoms with van der Waals surface area (Å²) < 4.78 is 15.9. The highest BCUT2D eigenvalue weighted by Gasteiger charge is 2.11. The number of carbonyl (C=O) groups is 1. The van der Waals surface area contributed by atoms with E-state index in [0.717, 1.165) is 0 Å². The molecular formula is C16H15N3O4S. The maximum atomic E-state index is 12.1. The molecule has 3 aromatic rings. The lowest BCUT2D eigenvalue weighted by Gasteiger charge is -2.10. The summed E-state index contributed by atoms with van der Waals surface area (Å²) in [5.74, 6) is 1.14. The molecule has 0 aliphatic heterocycles. The number of methoxy groups -OCH3 is 2. The number of pyridine rings is 1. The second kappa shape index (κ2) is 7.22. The van der Waals surface area contributed by atoms with E-state index in [2.05, 4.69) is 15.3 Å². The second-order valence-electron chi connectivity index (χ2n) is 4.71. The van der Waals surface area contributed by atoms with Crippen molar-refractivity contribution in [1.29, 1.82) is 0 Å². The fourth-order valence-corrected chi connectivity index (χ4v) is 2.68. The highest BCUT2D eigenvalue weighted by Crippen LogP contribution is 2.30. The van der Waals surface area contributed by atoms with Crippen LogP contribution < -0.4 is 14.8 Å². The molecule has 0 bridgehead atoms. The molecule has 0 atom stereocenters. The number of aromatic nitrogens is 2. The monoisotopic (exact) mass is 345 g/mol. The van der Waals surface area contributed by atoms with E-state index in [4.69, 9.17) is 13.9 Å². The number of hydrogen-bond acceptors (Lipinski definition) is 7. The summed E-state index contributed by atoms with van der Waals surface area (Å²) in [6.45, 7) is 0. The molecule has 1 aromatic carbocycles. The van der Waals surface area contributed by atoms with Gasteiger partial charge in [-0.3, -0.25) is 4.79 Å². The molecule has 0 saturated heterocycles. The van der Waals surface area contributed by atoms with Crippen LogP contribution in [0.3, 0.4) is 0 Å². The maximum Gasteiger partial charge on any atom is 0.258 e. The predicted molar refractivity (Wildman–Crippen MR) is 90.7 cm³/mol. The van der Waals surface area contributed by atoms with E-state index in [0.29, 0.717) is 33.6 Å². The summed E-state index contributed by atoms with van der Waals surface area (Å²) >= 11 is 1.21. The average Bonchev–Trinajstić information content (AvgIpc) is 3.03. The zero-order valence-electron chi connectivity index (χ0n) is 13.1. The van der Waals surface area contributed by atoms with E-state index in [1.165, 1.54) is 11.8 Å². The van der Waals surface area contributed by atoms with Crippen molar-refractivity contribution in [2.24, 2.45) is 0 Å². The number of benzene rings is 1. The van der Waals surface area contributed by atoms with Gasteiger partial charge in [0.1, 0.15) is 0 Å². The van der Waals surface area contributed by atoms with Crippen LogP contribution in [-0.2, 0) is 4.79 Å². The Morgan fingerprint density at radius 3 is 2.83 bits per heavy atom. The summed E-state index contributed by atoms with van der Waals surface area (Å²) in [4.78, 5) is 20.4. The molecule has 0 spiro atoms. The van der Waals surface area contributed by atoms with Gasteiger partial charge in [-0.1, -0.05) is 11.8 Å². The van der Waals surface area contributed by atoms with Gasteiger partial charge in [0.25, 0.3) is 5.22 Å². The molecule has 0 aliphatic rings. The van der Waals surface area contributed by atoms with Gasteiger partial charge in [-0.2, -0.15) is 4.98 Å². The maximum absolute atomic E-state index is 12.1. The lowest BCUT2D eigenvalue weighted by molar-refractivity contribution is -0.113. The number of rotatable bonds is 6. The van der Waals surface area contributed by atoms with Crippen LogP contribution in [0.4, 0.5) is 5.69 Å². The number of nitrogens with one attached hydrogen (secondary N) is 1. The van der Waals surface area contributed by atoms with Crippen molar-refractivity contribution in [2.75, 3.05) is 25.3 Å². The van der Waals surface area contributed by atoms with Gasteiger partial charge >= 0.3 is 0 Å². The van der Waals surface area contributed by atoms with E-state index < -0.39 is 0 Å². The van der Waals surface area contributed by atoms with Gasteiger partial charge in [0.15, 0.2) is 22.7 Å². The Bertz CT molecular complexity index is 832. The van der Waals surface area contributed by atoms with E-state index in [-0.39, 0.29) is 11.7 Å². The summed E-state index contributed by atoms with van der Waals surface area (Å²) in [5, 5.41) is 3.20. The summed E-state index contributed by atoms with van der Waals surface area (Å²) in [5.41, 5.74) is 1.75. The SMILES string of the molecule is COc1ccc(NC(=O)CSc2nc3ncccc3o2)cc1OC. The molecule has 0 radical (unpaired) electrons. The Morgan fingerprint density at radius 2 is 2.08 bits per heavy atom. The molecule has 0 saturated carbocycles. The van der Waals surface area contributed by atoms with Crippen LogP contribution in [0.25, 0.3) is 11.2 Å². The number of carbonyl (C=O) groups excluding carboxylic acids is 1. The van der Waals surface area contributed by atoms with E-state index >= 15 is 0 Å². The minimum atomic E-state index is -0.178. The number of thioether (sulfide) groups is 1. The van der Waals surface area contributed by atoms with Crippen LogP contribution in [0.5, 0.6) is 11.5 Å². The molecule has 0 aliphatic carbocycles. The third kappa shape index (κ3) is 3.60. The molecular weight excluding hydrogens is 330 g/mol. The Hall–Kier alpha value is -2.74. The zero-order valence-corrected chi connectivity index (χ0v) is 13.9. The first-order valence-electron chi connectivity index (χ1n) is 7.06. The molecule has 3 rings (SSSR count). The van der Waals surface area contributed by atoms with Crippen molar-refractivity contribution in [2.45, 2.75) is 5.22 Å². The number of hydrogen-bond donors (Lipinski definition) is 1. The Labute approximate surface area is 142 Å². The number of oxazole rings is 1. The van der Waals surface area contributed by atoms with Crippen LogP contribution in [0, 0.1) is 0 Å². The molecule has 0 fully saturated rings. The van der Waals surface area contributed by atoms with Crippen molar-refractivity contribution >= 4 is 34.6 Å². The number of nitrogens with zero attached hydrogens (tertiary/aromatic N) is 2. The Morgan fingerprint density at radius 1 is 1.25 bits per heavy atom. The fraction of sp³-hybridized carbons (Fsp3) is 0.188. The van der Waals surface area contributed by atoms with Crippen molar-refractivity contribution < 1.29 is 18.7 Å². The molecule has 8 heteroatoms. The first-order chi connectivity index (χ1) is 11.7. The minimum absolute atomic E-state index is 0.168. The molecule has 1 N–H and O–H groups in total. The summed E-state index contributed by atoms with van der Waals surface area (Å²) in [7, 11) is 3.10. The predicted octanol–water partition coefficient (Wildman–Crippen LogP) is 2.97. The molecule has 7 nitrogen and oxygen atoms in total. The number of fused-ring (bicyclic) bond motifs is 1. The van der Waals surface area contributed by atoms with E-state index in [1.54, 1.807) is 50.7 Å². The molecule has 0 unspecified atom stereocenters. The topological polar surface area (TPSA) is 86.5 Å². The number of ether oxygens (including phenoxy) is 2. The second-order valence-corrected chi connectivity index (χ2v) is 5.64. The third-order valence-corrected chi connectivity index (χ3v) is 3.97. The van der Waals surface area contributed by atoms with Crippen molar-refractivity contribution in [3.63, 3.8) is 0 Å². The highest BCUT2D eigenvalue weighted by molar-refractivity contribution is 7.99. The largest absolute Gasteiger partial charge is 0.493 e. The quantitative estimate of drug-likeness (QED) is 0.687. The molecule has 1 amide bonds. The molecule has 24 heavy (non-hydrogen) atoms. The minimum Gasteiger partial charge on any atom is -0.493 e. The van der Waals surface area contributed by atoms with Gasteiger partial charge in [0.05, 0.1) is 20.0 Å². The van der Waals surface area contributed by atoms with E-state index in [1.807, 2.05) is 0 Å². The van der Waals surface area contributed by atoms with Crippen LogP contribution in [0.15, 0.2) is 46.2 Å². The standard InChI is InChI=1S/C16H15N3O4S/c1-21-11-6-5-10(8-13(11)22-2)18-14(20)9-24-16-19-15-12(23-16)4-3-7-17-15/h3-8H,9H2,1-2H3,(H,18,20). The Balaban J connectivity index is 1.61. The first-order valence-corrected chi connectivity index (χ1v) is 8.04. The van der Waals surface area contributed by atoms with Gasteiger partial charge < -0.3 is 19.2 Å². The van der Waals surface area contributed by atoms with Crippen molar-refractivity contribution in [3.8, 4) is 11.5 Å². The van der Waals surface area contributed by atoms with Crippen LogP contribution >= 0.6 is 11.8 Å². The van der Waals surface area contributed by atoms with Crippen molar-refractivity contribution in [3.05, 3.63) is 36.5 Å². The van der Waals surface area contributed by atoms with Gasteiger partial charge in [0.2, 0.25) is 5.91 Å². The lowest BCUT2D eigenvalue weighted by Crippen LogP contribution is -2.14. The molecule has 2 aromatic heterocycles. The normalized spacial score (nSPS) is 10.6. The smallest absolute Gasteiger partial charge is 0.258 e. The van der Waals surface area contributed by atoms with Gasteiger partial charge in [-0.05, 0) is 24.3 Å². The molecule has 2 heterocycles. The van der Waals surface area contributed by atoms with Gasteiger partial charge in [-0.25, -0.2) is 4.98 Å². The highest BCUT2D eigenvalue weighted by atomic mass is 32.2. The van der Waals surface area contributed by atoms with Crippen molar-refractivity contribution in [1.82, 2.24) is 9.97 Å². The first kappa shape index (κ1) is 16.1. The van der Waals surface area contributed by atoms with E-state index in [9.17, 15) is 4.79 Å². The lowest BCUT2D eigenvalue weighted by atomic mass is 10.2. The van der Waals surface area contributed by atoms with Crippen LogP contribution in [0.1, 0.15) is 0 Å². The number of anilines is 1. The molecule has 124 valence electrons. The van der Waals surface area contributed by atoms with Gasteiger partial charge in [0, 0.05) is 18.0 Å². The average molecular weight is 345 g/mol. The zero-order chi connectivity index (χ0) is 16.9. The fourth-order valence-electron chi connectivity index (χ4n) is 2.05. The summed E-state index contributed by atoms with van der Waals surface area (Å²) in [6.07, 6.45) is 1.64. The number of amides is 1. The van der Waals surface area contributed by atoms with Gasteiger partial charge in [-0.15, -0.1) is 0 Å².